The molecule has 1 aliphatic heterocycles. The quantitative estimate of drug-likeness (QED) is 0.879. The van der Waals surface area contributed by atoms with Gasteiger partial charge in [0, 0.05) is 16.7 Å². The second kappa shape index (κ2) is 5.27. The first-order valence-electron chi connectivity index (χ1n) is 5.33. The summed E-state index contributed by atoms with van der Waals surface area (Å²) in [7, 11) is -3.41. The third-order valence-electron chi connectivity index (χ3n) is 2.66. The van der Waals surface area contributed by atoms with E-state index in [0.717, 1.165) is 34.8 Å². The molecule has 0 amide bonds. The van der Waals surface area contributed by atoms with E-state index in [9.17, 15) is 8.42 Å². The van der Waals surface area contributed by atoms with Crippen molar-refractivity contribution < 1.29 is 13.5 Å². The standard InChI is InChI=1S/C10H15NO3S3/c1-7-4-10(16-9(7)5-12)17(13,14)11-8-2-3-15-6-8/h4,8,11-12H,2-3,5-6H2,1H3. The van der Waals surface area contributed by atoms with Gasteiger partial charge < -0.3 is 5.11 Å². The molecule has 0 aliphatic carbocycles. The minimum absolute atomic E-state index is 0.0463. The van der Waals surface area contributed by atoms with Crippen LogP contribution < -0.4 is 4.72 Å². The van der Waals surface area contributed by atoms with Crippen LogP contribution in [0.5, 0.6) is 0 Å². The number of thioether (sulfide) groups is 1. The number of nitrogens with one attached hydrogen (secondary N) is 1. The zero-order chi connectivity index (χ0) is 12.5. The minimum Gasteiger partial charge on any atom is -0.391 e. The first-order valence-corrected chi connectivity index (χ1v) is 8.78. The molecule has 0 saturated carbocycles. The zero-order valence-electron chi connectivity index (χ0n) is 9.47. The van der Waals surface area contributed by atoms with E-state index in [0.29, 0.717) is 9.09 Å². The van der Waals surface area contributed by atoms with Gasteiger partial charge in [0.05, 0.1) is 6.61 Å². The van der Waals surface area contributed by atoms with Gasteiger partial charge in [-0.3, -0.25) is 0 Å². The van der Waals surface area contributed by atoms with Crippen LogP contribution in [0, 0.1) is 6.92 Å². The zero-order valence-corrected chi connectivity index (χ0v) is 11.9. The summed E-state index contributed by atoms with van der Waals surface area (Å²) in [4.78, 5) is 0.714. The Morgan fingerprint density at radius 1 is 1.59 bits per heavy atom. The molecule has 2 rings (SSSR count). The van der Waals surface area contributed by atoms with Gasteiger partial charge in [-0.1, -0.05) is 0 Å². The van der Waals surface area contributed by atoms with Crippen molar-refractivity contribution in [3.8, 4) is 0 Å². The highest BCUT2D eigenvalue weighted by Crippen LogP contribution is 2.27. The summed E-state index contributed by atoms with van der Waals surface area (Å²) in [5, 5.41) is 9.07. The van der Waals surface area contributed by atoms with Crippen LogP contribution in [0.3, 0.4) is 0 Å². The second-order valence-electron chi connectivity index (χ2n) is 4.01. The monoisotopic (exact) mass is 293 g/mol. The van der Waals surface area contributed by atoms with Crippen molar-refractivity contribution in [2.45, 2.75) is 30.2 Å². The molecule has 4 nitrogen and oxygen atoms in total. The molecule has 2 N–H and O–H groups in total. The first kappa shape index (κ1) is 13.4. The van der Waals surface area contributed by atoms with Crippen molar-refractivity contribution in [2.75, 3.05) is 11.5 Å². The molecule has 0 bridgehead atoms. The van der Waals surface area contributed by atoms with Crippen LogP contribution in [-0.2, 0) is 16.6 Å². The van der Waals surface area contributed by atoms with E-state index in [2.05, 4.69) is 4.72 Å². The maximum absolute atomic E-state index is 12.1. The van der Waals surface area contributed by atoms with Gasteiger partial charge in [0.2, 0.25) is 10.0 Å². The van der Waals surface area contributed by atoms with Crippen molar-refractivity contribution in [1.29, 1.82) is 0 Å². The van der Waals surface area contributed by atoms with Crippen LogP contribution >= 0.6 is 23.1 Å². The Kier molecular flexibility index (Phi) is 4.14. The molecule has 1 fully saturated rings. The maximum Gasteiger partial charge on any atom is 0.250 e. The Morgan fingerprint density at radius 3 is 2.88 bits per heavy atom. The predicted octanol–water partition coefficient (Wildman–Crippen LogP) is 1.33. The van der Waals surface area contributed by atoms with Crippen molar-refractivity contribution in [3.05, 3.63) is 16.5 Å². The lowest BCUT2D eigenvalue weighted by atomic mass is 10.3. The number of rotatable bonds is 4. The number of sulfonamides is 1. The second-order valence-corrected chi connectivity index (χ2v) is 8.24. The first-order chi connectivity index (χ1) is 8.03. The highest BCUT2D eigenvalue weighted by molar-refractivity contribution is 7.99. The molecule has 0 spiro atoms. The Bertz CT molecular complexity index is 489. The fourth-order valence-corrected chi connectivity index (χ4v) is 5.68. The molecule has 0 aromatic carbocycles. The number of aryl methyl sites for hydroxylation is 1. The summed E-state index contributed by atoms with van der Waals surface area (Å²) in [6.07, 6.45) is 0.890. The fraction of sp³-hybridized carbons (Fsp3) is 0.600. The summed E-state index contributed by atoms with van der Waals surface area (Å²) in [6.45, 7) is 1.71. The van der Waals surface area contributed by atoms with Gasteiger partial charge in [-0.2, -0.15) is 11.8 Å². The predicted molar refractivity (Wildman–Crippen MR) is 71.0 cm³/mol. The molecule has 1 aromatic rings. The van der Waals surface area contributed by atoms with Crippen LogP contribution in [0.15, 0.2) is 10.3 Å². The number of aliphatic hydroxyl groups excluding tert-OH is 1. The van der Waals surface area contributed by atoms with Crippen molar-refractivity contribution in [1.82, 2.24) is 4.72 Å². The molecular weight excluding hydrogens is 278 g/mol. The van der Waals surface area contributed by atoms with Gasteiger partial charge in [-0.15, -0.1) is 11.3 Å². The summed E-state index contributed by atoms with van der Waals surface area (Å²) in [5.74, 6) is 1.86. The van der Waals surface area contributed by atoms with Gasteiger partial charge in [-0.25, -0.2) is 13.1 Å². The minimum atomic E-state index is -3.41. The van der Waals surface area contributed by atoms with E-state index < -0.39 is 10.0 Å². The molecule has 1 saturated heterocycles. The van der Waals surface area contributed by atoms with E-state index in [-0.39, 0.29) is 12.6 Å². The average molecular weight is 293 g/mol. The van der Waals surface area contributed by atoms with Crippen LogP contribution in [0.25, 0.3) is 0 Å². The van der Waals surface area contributed by atoms with Crippen LogP contribution in [0.4, 0.5) is 0 Å². The van der Waals surface area contributed by atoms with Crippen LogP contribution in [-0.4, -0.2) is 31.1 Å². The molecule has 0 radical (unpaired) electrons. The van der Waals surface area contributed by atoms with Gasteiger partial charge >= 0.3 is 0 Å². The number of thiophene rings is 1. The Hall–Kier alpha value is -0.0800. The van der Waals surface area contributed by atoms with Gasteiger partial charge in [0.15, 0.2) is 0 Å². The largest absolute Gasteiger partial charge is 0.391 e. The summed E-state index contributed by atoms with van der Waals surface area (Å²) < 4.78 is 27.2. The van der Waals surface area contributed by atoms with Crippen LogP contribution in [0.2, 0.25) is 0 Å². The summed E-state index contributed by atoms with van der Waals surface area (Å²) in [5.41, 5.74) is 0.832. The van der Waals surface area contributed by atoms with E-state index >= 15 is 0 Å². The Morgan fingerprint density at radius 2 is 2.35 bits per heavy atom. The molecule has 1 atom stereocenters. The SMILES string of the molecule is Cc1cc(S(=O)(=O)NC2CCSC2)sc1CO. The summed E-state index contributed by atoms with van der Waals surface area (Å²) in [6, 6.07) is 1.67. The lowest BCUT2D eigenvalue weighted by Gasteiger charge is -2.10. The van der Waals surface area contributed by atoms with E-state index in [1.54, 1.807) is 17.8 Å². The Labute approximate surface area is 109 Å². The smallest absolute Gasteiger partial charge is 0.250 e. The average Bonchev–Trinajstić information content (AvgIpc) is 2.87. The van der Waals surface area contributed by atoms with Gasteiger partial charge in [-0.05, 0) is 30.7 Å². The van der Waals surface area contributed by atoms with Crippen molar-refractivity contribution >= 4 is 33.1 Å². The lowest BCUT2D eigenvalue weighted by molar-refractivity contribution is 0.285. The fourth-order valence-electron chi connectivity index (χ4n) is 1.68. The number of hydrogen-bond donors (Lipinski definition) is 2. The Balaban J connectivity index is 2.18. The highest BCUT2D eigenvalue weighted by Gasteiger charge is 2.25. The third kappa shape index (κ3) is 3.03. The highest BCUT2D eigenvalue weighted by atomic mass is 32.2. The molecule has 17 heavy (non-hydrogen) atoms. The molecule has 1 unspecified atom stereocenters. The van der Waals surface area contributed by atoms with Gasteiger partial charge in [0.25, 0.3) is 0 Å². The molecule has 1 aromatic heterocycles. The molecule has 2 heterocycles. The maximum atomic E-state index is 12.1. The molecular formula is C10H15NO3S3. The van der Waals surface area contributed by atoms with Crippen molar-refractivity contribution in [2.24, 2.45) is 0 Å². The van der Waals surface area contributed by atoms with E-state index in [1.807, 2.05) is 6.92 Å². The molecule has 7 heteroatoms. The molecule has 1 aliphatic rings. The van der Waals surface area contributed by atoms with Crippen molar-refractivity contribution in [3.63, 3.8) is 0 Å². The normalized spacial score (nSPS) is 20.9. The number of aliphatic hydroxyl groups is 1. The van der Waals surface area contributed by atoms with Gasteiger partial charge in [0.1, 0.15) is 4.21 Å². The van der Waals surface area contributed by atoms with E-state index in [1.165, 1.54) is 0 Å². The lowest BCUT2D eigenvalue weighted by Crippen LogP contribution is -2.34. The number of hydrogen-bond acceptors (Lipinski definition) is 5. The third-order valence-corrected chi connectivity index (χ3v) is 7.04. The van der Waals surface area contributed by atoms with Crippen LogP contribution in [0.1, 0.15) is 16.9 Å². The summed E-state index contributed by atoms with van der Waals surface area (Å²) >= 11 is 2.91. The molecule has 96 valence electrons. The van der Waals surface area contributed by atoms with E-state index in [4.69, 9.17) is 5.11 Å². The topological polar surface area (TPSA) is 66.4 Å².